The van der Waals surface area contributed by atoms with Crippen molar-refractivity contribution < 1.29 is 10.2 Å². The summed E-state index contributed by atoms with van der Waals surface area (Å²) in [5.74, 6) is 0.478. The Labute approximate surface area is 175 Å². The molecular formula is C20H22Cl2N4O2. The maximum Gasteiger partial charge on any atom is 0.120 e. The molecule has 0 radical (unpaired) electrons. The molecule has 2 heterocycles. The molecule has 6 N–H and O–H groups in total. The highest BCUT2D eigenvalue weighted by Gasteiger charge is 2.05. The molecule has 0 unspecified atom stereocenters. The largest absolute Gasteiger partial charge is 0.508 e. The highest BCUT2D eigenvalue weighted by atomic mass is 35.5. The van der Waals surface area contributed by atoms with Gasteiger partial charge in [-0.3, -0.25) is 9.97 Å². The van der Waals surface area contributed by atoms with E-state index >= 15 is 0 Å². The van der Waals surface area contributed by atoms with E-state index in [4.69, 9.17) is 11.5 Å². The normalized spacial score (nSPS) is 9.79. The topological polar surface area (TPSA) is 118 Å². The molecule has 148 valence electrons. The molecule has 2 aromatic heterocycles. The number of fused-ring (bicyclic) bond motifs is 2. The molecule has 0 amide bonds. The minimum absolute atomic E-state index is 0. The number of nitrogens with two attached hydrogens (primary N) is 2. The first-order chi connectivity index (χ1) is 12.7. The number of benzene rings is 2. The third-order valence-electron chi connectivity index (χ3n) is 4.15. The molecular weight excluding hydrogens is 399 g/mol. The van der Waals surface area contributed by atoms with Crippen LogP contribution in [0.3, 0.4) is 0 Å². The second kappa shape index (κ2) is 10.6. The lowest BCUT2D eigenvalue weighted by atomic mass is 10.1. The van der Waals surface area contributed by atoms with Crippen molar-refractivity contribution in [3.63, 3.8) is 0 Å². The van der Waals surface area contributed by atoms with Crippen LogP contribution in [0.5, 0.6) is 11.5 Å². The van der Waals surface area contributed by atoms with Crippen molar-refractivity contribution in [2.45, 2.75) is 13.1 Å². The minimum atomic E-state index is 0. The molecule has 4 aromatic rings. The third-order valence-corrected chi connectivity index (χ3v) is 4.15. The molecule has 0 bridgehead atoms. The van der Waals surface area contributed by atoms with Crippen molar-refractivity contribution in [2.75, 3.05) is 0 Å². The predicted molar refractivity (Wildman–Crippen MR) is 117 cm³/mol. The van der Waals surface area contributed by atoms with E-state index in [1.54, 1.807) is 36.7 Å². The van der Waals surface area contributed by atoms with Gasteiger partial charge in [0.05, 0.1) is 11.0 Å². The number of phenolic OH excluding ortho intramolecular Hbond substituents is 2. The van der Waals surface area contributed by atoms with Gasteiger partial charge < -0.3 is 21.7 Å². The Kier molecular flexibility index (Phi) is 8.88. The van der Waals surface area contributed by atoms with Gasteiger partial charge in [0.2, 0.25) is 0 Å². The molecule has 0 aliphatic rings. The Hall–Kier alpha value is -2.64. The molecule has 6 nitrogen and oxygen atoms in total. The Morgan fingerprint density at radius 1 is 0.643 bits per heavy atom. The van der Waals surface area contributed by atoms with E-state index in [1.165, 1.54) is 0 Å². The second-order valence-electron chi connectivity index (χ2n) is 5.67. The molecule has 4 rings (SSSR count). The zero-order valence-electron chi connectivity index (χ0n) is 14.9. The standard InChI is InChI=1S/2C10H10N2O.2ClH/c2*11-6-8-7-2-1-5-12-9(7)3-4-10(8)13;;/h2*1-5,13H,6,11H2;2*1H. The lowest BCUT2D eigenvalue weighted by Crippen LogP contribution is -1.98. The van der Waals surface area contributed by atoms with E-state index in [2.05, 4.69) is 9.97 Å². The molecule has 0 aliphatic heterocycles. The van der Waals surface area contributed by atoms with Gasteiger partial charge in [-0.25, -0.2) is 0 Å². The highest BCUT2D eigenvalue weighted by Crippen LogP contribution is 2.25. The quantitative estimate of drug-likeness (QED) is 0.393. The summed E-state index contributed by atoms with van der Waals surface area (Å²) < 4.78 is 0. The maximum absolute atomic E-state index is 9.50. The average Bonchev–Trinajstić information content (AvgIpc) is 2.68. The van der Waals surface area contributed by atoms with Gasteiger partial charge in [-0.15, -0.1) is 24.8 Å². The molecule has 2 aromatic carbocycles. The Bertz CT molecular complexity index is 975. The smallest absolute Gasteiger partial charge is 0.120 e. The number of nitrogens with zero attached hydrogens (tertiary/aromatic N) is 2. The van der Waals surface area contributed by atoms with E-state index in [0.717, 1.165) is 32.9 Å². The van der Waals surface area contributed by atoms with Crippen LogP contribution >= 0.6 is 24.8 Å². The second-order valence-corrected chi connectivity index (χ2v) is 5.67. The van der Waals surface area contributed by atoms with Gasteiger partial charge in [0.25, 0.3) is 0 Å². The molecule has 0 fully saturated rings. The monoisotopic (exact) mass is 420 g/mol. The van der Waals surface area contributed by atoms with Crippen LogP contribution in [0.2, 0.25) is 0 Å². The van der Waals surface area contributed by atoms with Crippen LogP contribution in [0.15, 0.2) is 60.9 Å². The number of hydrogen-bond acceptors (Lipinski definition) is 6. The Morgan fingerprint density at radius 2 is 1.04 bits per heavy atom. The lowest BCUT2D eigenvalue weighted by Gasteiger charge is -2.05. The minimum Gasteiger partial charge on any atom is -0.508 e. The zero-order chi connectivity index (χ0) is 18.5. The summed E-state index contributed by atoms with van der Waals surface area (Å²) in [6.07, 6.45) is 3.44. The molecule has 28 heavy (non-hydrogen) atoms. The van der Waals surface area contributed by atoms with Gasteiger partial charge >= 0.3 is 0 Å². The van der Waals surface area contributed by atoms with Crippen LogP contribution in [-0.4, -0.2) is 20.2 Å². The van der Waals surface area contributed by atoms with Crippen molar-refractivity contribution in [3.8, 4) is 11.5 Å². The average molecular weight is 421 g/mol. The molecule has 0 aliphatic carbocycles. The van der Waals surface area contributed by atoms with E-state index in [-0.39, 0.29) is 36.3 Å². The fourth-order valence-corrected chi connectivity index (χ4v) is 2.83. The summed E-state index contributed by atoms with van der Waals surface area (Å²) in [4.78, 5) is 8.33. The van der Waals surface area contributed by atoms with Crippen LogP contribution in [0.25, 0.3) is 21.8 Å². The van der Waals surface area contributed by atoms with Gasteiger partial charge in [-0.2, -0.15) is 0 Å². The summed E-state index contributed by atoms with van der Waals surface area (Å²) in [5.41, 5.74) is 14.3. The summed E-state index contributed by atoms with van der Waals surface area (Å²) in [7, 11) is 0. The molecule has 0 spiro atoms. The van der Waals surface area contributed by atoms with Crippen molar-refractivity contribution in [3.05, 3.63) is 72.1 Å². The molecule has 8 heteroatoms. The highest BCUT2D eigenvalue weighted by molar-refractivity contribution is 5.86. The molecule has 0 saturated heterocycles. The van der Waals surface area contributed by atoms with Gasteiger partial charge in [0, 0.05) is 47.4 Å². The predicted octanol–water partition coefficient (Wildman–Crippen LogP) is 3.64. The van der Waals surface area contributed by atoms with Crippen molar-refractivity contribution in [1.82, 2.24) is 9.97 Å². The van der Waals surface area contributed by atoms with Crippen LogP contribution in [0.4, 0.5) is 0 Å². The van der Waals surface area contributed by atoms with Crippen molar-refractivity contribution in [2.24, 2.45) is 11.5 Å². The molecule has 0 atom stereocenters. The van der Waals surface area contributed by atoms with Crippen molar-refractivity contribution in [1.29, 1.82) is 0 Å². The van der Waals surface area contributed by atoms with Crippen LogP contribution in [0.1, 0.15) is 11.1 Å². The first-order valence-electron chi connectivity index (χ1n) is 8.17. The van der Waals surface area contributed by atoms with Gasteiger partial charge in [-0.1, -0.05) is 12.1 Å². The van der Waals surface area contributed by atoms with Gasteiger partial charge in [0.15, 0.2) is 0 Å². The fourth-order valence-electron chi connectivity index (χ4n) is 2.83. The Morgan fingerprint density at radius 3 is 1.39 bits per heavy atom. The first kappa shape index (κ1) is 23.4. The number of phenols is 2. The summed E-state index contributed by atoms with van der Waals surface area (Å²) in [6, 6.07) is 14.3. The van der Waals surface area contributed by atoms with E-state index in [9.17, 15) is 10.2 Å². The first-order valence-corrected chi connectivity index (χ1v) is 8.17. The lowest BCUT2D eigenvalue weighted by molar-refractivity contribution is 0.469. The van der Waals surface area contributed by atoms with E-state index in [0.29, 0.717) is 13.1 Å². The third kappa shape index (κ3) is 4.79. The summed E-state index contributed by atoms with van der Waals surface area (Å²) in [5, 5.41) is 20.8. The number of aromatic nitrogens is 2. The van der Waals surface area contributed by atoms with Crippen LogP contribution < -0.4 is 11.5 Å². The van der Waals surface area contributed by atoms with Crippen LogP contribution in [-0.2, 0) is 13.1 Å². The number of aromatic hydroxyl groups is 2. The maximum atomic E-state index is 9.50. The SMILES string of the molecule is Cl.Cl.NCc1c(O)ccc2ncccc12.NCc1c(O)ccc2ncccc12. The zero-order valence-corrected chi connectivity index (χ0v) is 16.6. The Balaban J connectivity index is 0.000000261. The van der Waals surface area contributed by atoms with Crippen molar-refractivity contribution >= 4 is 46.6 Å². The summed E-state index contributed by atoms with van der Waals surface area (Å²) in [6.45, 7) is 0.656. The van der Waals surface area contributed by atoms with E-state index < -0.39 is 0 Å². The van der Waals surface area contributed by atoms with Gasteiger partial charge in [-0.05, 0) is 36.4 Å². The number of hydrogen-bond donors (Lipinski definition) is 4. The van der Waals surface area contributed by atoms with Gasteiger partial charge in [0.1, 0.15) is 11.5 Å². The number of rotatable bonds is 2. The fraction of sp³-hybridized carbons (Fsp3) is 0.100. The molecule has 0 saturated carbocycles. The van der Waals surface area contributed by atoms with E-state index in [1.807, 2.05) is 24.3 Å². The number of halogens is 2. The van der Waals surface area contributed by atoms with Crippen LogP contribution in [0, 0.1) is 0 Å². The number of pyridine rings is 2. The summed E-state index contributed by atoms with van der Waals surface area (Å²) >= 11 is 0.